The van der Waals surface area contributed by atoms with E-state index in [9.17, 15) is 9.59 Å². The third-order valence-electron chi connectivity index (χ3n) is 4.40. The number of anilines is 2. The summed E-state index contributed by atoms with van der Waals surface area (Å²) >= 11 is 0. The lowest BCUT2D eigenvalue weighted by Gasteiger charge is -2.27. The molecule has 142 valence electrons. The molecule has 2 heterocycles. The number of carbonyl (C=O) groups excluding carboxylic acids is 2. The summed E-state index contributed by atoms with van der Waals surface area (Å²) in [5, 5.41) is 2.84. The number of Topliss-reactive ketones (excluding diaryl/α,β-unsaturated/α-hetero) is 1. The number of ketones is 1. The predicted octanol–water partition coefficient (Wildman–Crippen LogP) is 2.31. The molecule has 0 unspecified atom stereocenters. The van der Waals surface area contributed by atoms with Crippen LogP contribution >= 0.6 is 0 Å². The summed E-state index contributed by atoms with van der Waals surface area (Å²) in [6.45, 7) is 4.51. The zero-order valence-electron chi connectivity index (χ0n) is 15.5. The molecule has 1 aromatic carbocycles. The molecule has 1 aromatic heterocycles. The molecular formula is C20H23N3O4. The van der Waals surface area contributed by atoms with E-state index in [-0.39, 0.29) is 18.1 Å². The van der Waals surface area contributed by atoms with Crippen LogP contribution in [-0.4, -0.2) is 50.1 Å². The van der Waals surface area contributed by atoms with Gasteiger partial charge in [0.2, 0.25) is 5.91 Å². The zero-order valence-corrected chi connectivity index (χ0v) is 15.5. The van der Waals surface area contributed by atoms with Gasteiger partial charge in [0.15, 0.2) is 5.78 Å². The fraction of sp³-hybridized carbons (Fsp3) is 0.350. The maximum Gasteiger partial charge on any atom is 0.228 e. The number of morpholine rings is 1. The van der Waals surface area contributed by atoms with Crippen molar-refractivity contribution in [2.24, 2.45) is 0 Å². The second kappa shape index (κ2) is 8.64. The molecule has 0 bridgehead atoms. The number of nitrogens with zero attached hydrogens (tertiary/aromatic N) is 2. The fourth-order valence-corrected chi connectivity index (χ4v) is 2.95. The van der Waals surface area contributed by atoms with Crippen LogP contribution in [0.15, 0.2) is 36.5 Å². The maximum atomic E-state index is 12.4. The van der Waals surface area contributed by atoms with E-state index in [2.05, 4.69) is 15.2 Å². The summed E-state index contributed by atoms with van der Waals surface area (Å²) in [6, 6.07) is 8.81. The van der Waals surface area contributed by atoms with Crippen LogP contribution in [0.1, 0.15) is 22.8 Å². The highest BCUT2D eigenvalue weighted by atomic mass is 16.5. The van der Waals surface area contributed by atoms with E-state index in [1.165, 1.54) is 6.92 Å². The highest BCUT2D eigenvalue weighted by molar-refractivity contribution is 5.96. The molecule has 3 rings (SSSR count). The minimum absolute atomic E-state index is 0.0535. The normalized spacial score (nSPS) is 13.9. The number of nitrogens with one attached hydrogen (secondary N) is 1. The molecule has 0 atom stereocenters. The standard InChI is InChI=1S/C20H23N3O4/c1-14(24)15-3-5-18(26-2)16(11-15)12-20(25)22-17-4-6-19(21-13-17)23-7-9-27-10-8-23/h3-6,11,13H,7-10,12H2,1-2H3,(H,22,25). The molecule has 0 saturated carbocycles. The molecule has 1 fully saturated rings. The van der Waals surface area contributed by atoms with Gasteiger partial charge in [-0.25, -0.2) is 4.98 Å². The lowest BCUT2D eigenvalue weighted by Crippen LogP contribution is -2.36. The smallest absolute Gasteiger partial charge is 0.228 e. The van der Waals surface area contributed by atoms with Gasteiger partial charge in [-0.3, -0.25) is 9.59 Å². The van der Waals surface area contributed by atoms with Crippen molar-refractivity contribution in [1.29, 1.82) is 0 Å². The largest absolute Gasteiger partial charge is 0.496 e. The Morgan fingerprint density at radius 3 is 2.63 bits per heavy atom. The molecule has 2 aromatic rings. The lowest BCUT2D eigenvalue weighted by atomic mass is 10.0. The van der Waals surface area contributed by atoms with Crippen molar-refractivity contribution in [3.63, 3.8) is 0 Å². The van der Waals surface area contributed by atoms with E-state index in [0.29, 0.717) is 35.8 Å². The summed E-state index contributed by atoms with van der Waals surface area (Å²) in [4.78, 5) is 30.6. The van der Waals surface area contributed by atoms with Gasteiger partial charge < -0.3 is 19.7 Å². The summed E-state index contributed by atoms with van der Waals surface area (Å²) in [7, 11) is 1.54. The molecule has 0 spiro atoms. The third kappa shape index (κ3) is 4.83. The first-order chi connectivity index (χ1) is 13.1. The molecule has 27 heavy (non-hydrogen) atoms. The molecule has 1 saturated heterocycles. The molecule has 1 amide bonds. The van der Waals surface area contributed by atoms with Gasteiger partial charge in [-0.1, -0.05) is 0 Å². The van der Waals surface area contributed by atoms with E-state index < -0.39 is 0 Å². The number of aromatic nitrogens is 1. The number of carbonyl (C=O) groups is 2. The van der Waals surface area contributed by atoms with Crippen molar-refractivity contribution in [2.75, 3.05) is 43.6 Å². The van der Waals surface area contributed by atoms with E-state index in [0.717, 1.165) is 18.9 Å². The molecule has 1 aliphatic rings. The van der Waals surface area contributed by atoms with Gasteiger partial charge in [-0.15, -0.1) is 0 Å². The predicted molar refractivity (Wildman–Crippen MR) is 103 cm³/mol. The SMILES string of the molecule is COc1ccc(C(C)=O)cc1CC(=O)Nc1ccc(N2CCOCC2)nc1. The number of rotatable bonds is 6. The van der Waals surface area contributed by atoms with Crippen molar-refractivity contribution >= 4 is 23.2 Å². The number of benzene rings is 1. The molecule has 7 heteroatoms. The Balaban J connectivity index is 1.65. The van der Waals surface area contributed by atoms with Crippen LogP contribution in [0.5, 0.6) is 5.75 Å². The average molecular weight is 369 g/mol. The van der Waals surface area contributed by atoms with Crippen molar-refractivity contribution in [1.82, 2.24) is 4.98 Å². The monoisotopic (exact) mass is 369 g/mol. The number of amides is 1. The van der Waals surface area contributed by atoms with Crippen LogP contribution in [-0.2, 0) is 16.0 Å². The van der Waals surface area contributed by atoms with E-state index in [1.54, 1.807) is 31.5 Å². The first-order valence-electron chi connectivity index (χ1n) is 8.83. The van der Waals surface area contributed by atoms with Crippen molar-refractivity contribution in [3.05, 3.63) is 47.7 Å². The van der Waals surface area contributed by atoms with E-state index in [4.69, 9.17) is 9.47 Å². The first kappa shape index (κ1) is 18.8. The van der Waals surface area contributed by atoms with Crippen LogP contribution in [0.25, 0.3) is 0 Å². The summed E-state index contributed by atoms with van der Waals surface area (Å²) in [5.74, 6) is 1.19. The van der Waals surface area contributed by atoms with Gasteiger partial charge in [-0.2, -0.15) is 0 Å². The molecule has 0 aliphatic carbocycles. The number of pyridine rings is 1. The van der Waals surface area contributed by atoms with Crippen molar-refractivity contribution in [3.8, 4) is 5.75 Å². The van der Waals surface area contributed by atoms with E-state index >= 15 is 0 Å². The number of hydrogen-bond donors (Lipinski definition) is 1. The second-order valence-corrected chi connectivity index (χ2v) is 6.31. The lowest BCUT2D eigenvalue weighted by molar-refractivity contribution is -0.115. The number of hydrogen-bond acceptors (Lipinski definition) is 6. The highest BCUT2D eigenvalue weighted by Gasteiger charge is 2.14. The zero-order chi connectivity index (χ0) is 19.2. The number of ether oxygens (including phenoxy) is 2. The van der Waals surface area contributed by atoms with Crippen LogP contribution in [0.4, 0.5) is 11.5 Å². The summed E-state index contributed by atoms with van der Waals surface area (Å²) in [6.07, 6.45) is 1.75. The average Bonchev–Trinajstić information content (AvgIpc) is 2.69. The second-order valence-electron chi connectivity index (χ2n) is 6.31. The molecule has 7 nitrogen and oxygen atoms in total. The van der Waals surface area contributed by atoms with Gasteiger partial charge >= 0.3 is 0 Å². The first-order valence-corrected chi connectivity index (χ1v) is 8.83. The van der Waals surface area contributed by atoms with Gasteiger partial charge in [0.25, 0.3) is 0 Å². The molecular weight excluding hydrogens is 346 g/mol. The van der Waals surface area contributed by atoms with Gasteiger partial charge in [0, 0.05) is 24.2 Å². The maximum absolute atomic E-state index is 12.4. The van der Waals surface area contributed by atoms with Gasteiger partial charge in [0.1, 0.15) is 11.6 Å². The van der Waals surface area contributed by atoms with Gasteiger partial charge in [-0.05, 0) is 37.3 Å². The third-order valence-corrected chi connectivity index (χ3v) is 4.40. The Bertz CT molecular complexity index is 814. The Morgan fingerprint density at radius 2 is 2.00 bits per heavy atom. The Morgan fingerprint density at radius 1 is 1.22 bits per heavy atom. The van der Waals surface area contributed by atoms with Gasteiger partial charge in [0.05, 0.1) is 38.6 Å². The minimum atomic E-state index is -0.199. The Hall–Kier alpha value is -2.93. The topological polar surface area (TPSA) is 80.8 Å². The fourth-order valence-electron chi connectivity index (χ4n) is 2.95. The molecule has 1 aliphatic heterocycles. The summed E-state index contributed by atoms with van der Waals surface area (Å²) in [5.41, 5.74) is 1.84. The molecule has 0 radical (unpaired) electrons. The Kier molecular flexibility index (Phi) is 6.03. The van der Waals surface area contributed by atoms with Crippen LogP contribution in [0.2, 0.25) is 0 Å². The van der Waals surface area contributed by atoms with E-state index in [1.807, 2.05) is 12.1 Å². The van der Waals surface area contributed by atoms with Crippen LogP contribution < -0.4 is 15.0 Å². The highest BCUT2D eigenvalue weighted by Crippen LogP contribution is 2.22. The Labute approximate surface area is 158 Å². The van der Waals surface area contributed by atoms with Crippen molar-refractivity contribution in [2.45, 2.75) is 13.3 Å². The minimum Gasteiger partial charge on any atom is -0.496 e. The van der Waals surface area contributed by atoms with Crippen molar-refractivity contribution < 1.29 is 19.1 Å². The quantitative estimate of drug-likeness (QED) is 0.787. The van der Waals surface area contributed by atoms with Crippen LogP contribution in [0, 0.1) is 0 Å². The molecule has 1 N–H and O–H groups in total. The summed E-state index contributed by atoms with van der Waals surface area (Å²) < 4.78 is 10.6. The number of methoxy groups -OCH3 is 1. The van der Waals surface area contributed by atoms with Crippen LogP contribution in [0.3, 0.4) is 0 Å².